The first-order valence-electron chi connectivity index (χ1n) is 8.41. The van der Waals surface area contributed by atoms with Crippen LogP contribution in [0.1, 0.15) is 36.5 Å². The van der Waals surface area contributed by atoms with Gasteiger partial charge in [-0.1, -0.05) is 25.1 Å². The fraction of sp³-hybridized carbons (Fsp3) is 0.556. The Labute approximate surface area is 150 Å². The Hall–Kier alpha value is -1.59. The minimum Gasteiger partial charge on any atom is -0.350 e. The molecule has 2 atom stereocenters. The third kappa shape index (κ3) is 5.49. The zero-order valence-corrected chi connectivity index (χ0v) is 15.3. The van der Waals surface area contributed by atoms with Crippen molar-refractivity contribution in [2.75, 3.05) is 26.7 Å². The minimum atomic E-state index is -0.0770. The highest BCUT2D eigenvalue weighted by Crippen LogP contribution is 2.19. The molecule has 0 saturated carbocycles. The molecule has 0 bridgehead atoms. The van der Waals surface area contributed by atoms with Crippen LogP contribution in [0.2, 0.25) is 0 Å². The van der Waals surface area contributed by atoms with E-state index in [4.69, 9.17) is 0 Å². The minimum absolute atomic E-state index is 0. The van der Waals surface area contributed by atoms with Gasteiger partial charge in [0.2, 0.25) is 5.91 Å². The smallest absolute Gasteiger partial charge is 0.251 e. The van der Waals surface area contributed by atoms with Gasteiger partial charge in [-0.3, -0.25) is 9.59 Å². The van der Waals surface area contributed by atoms with Crippen LogP contribution in [0.3, 0.4) is 0 Å². The van der Waals surface area contributed by atoms with Crippen molar-refractivity contribution in [1.29, 1.82) is 0 Å². The Morgan fingerprint density at radius 1 is 1.25 bits per heavy atom. The Morgan fingerprint density at radius 3 is 2.62 bits per heavy atom. The summed E-state index contributed by atoms with van der Waals surface area (Å²) in [6.07, 6.45) is 3.10. The van der Waals surface area contributed by atoms with Gasteiger partial charge in [-0.2, -0.15) is 0 Å². The molecule has 134 valence electrons. The molecule has 0 aliphatic carbocycles. The molecule has 1 aliphatic heterocycles. The second kappa shape index (κ2) is 10.3. The number of likely N-dealkylation sites (tertiary alicyclic amines) is 1. The van der Waals surface area contributed by atoms with E-state index in [2.05, 4.69) is 10.6 Å². The van der Waals surface area contributed by atoms with Crippen molar-refractivity contribution in [2.24, 2.45) is 5.92 Å². The van der Waals surface area contributed by atoms with Crippen LogP contribution in [0.25, 0.3) is 0 Å². The number of rotatable bonds is 6. The Bertz CT molecular complexity index is 524. The molecule has 2 rings (SSSR count). The zero-order valence-electron chi connectivity index (χ0n) is 14.5. The van der Waals surface area contributed by atoms with Gasteiger partial charge in [0, 0.05) is 37.2 Å². The maximum atomic E-state index is 12.6. The van der Waals surface area contributed by atoms with Gasteiger partial charge in [0.1, 0.15) is 0 Å². The summed E-state index contributed by atoms with van der Waals surface area (Å²) in [7, 11) is 1.86. The van der Waals surface area contributed by atoms with Crippen molar-refractivity contribution in [2.45, 2.75) is 32.2 Å². The van der Waals surface area contributed by atoms with Gasteiger partial charge in [-0.05, 0) is 38.4 Å². The van der Waals surface area contributed by atoms with E-state index in [1.54, 1.807) is 12.1 Å². The van der Waals surface area contributed by atoms with Crippen LogP contribution in [0, 0.1) is 5.92 Å². The number of hydrogen-bond acceptors (Lipinski definition) is 3. The van der Waals surface area contributed by atoms with E-state index < -0.39 is 0 Å². The summed E-state index contributed by atoms with van der Waals surface area (Å²) in [5, 5.41) is 6.03. The topological polar surface area (TPSA) is 61.4 Å². The first-order valence-corrected chi connectivity index (χ1v) is 8.41. The van der Waals surface area contributed by atoms with Crippen LogP contribution in [0.4, 0.5) is 0 Å². The molecule has 1 aliphatic rings. The van der Waals surface area contributed by atoms with Crippen molar-refractivity contribution in [3.63, 3.8) is 0 Å². The number of halogens is 1. The van der Waals surface area contributed by atoms with Crippen molar-refractivity contribution < 1.29 is 9.59 Å². The Morgan fingerprint density at radius 2 is 1.96 bits per heavy atom. The average Bonchev–Trinajstić information content (AvgIpc) is 2.60. The standard InChI is InChI=1S/C18H27N3O2.ClH/c1-14(12-19-2)18(23)21-11-7-6-10-16(21)13-20-17(22)15-8-4-3-5-9-15;/h3-5,8-9,14,16,19H,6-7,10-13H2,1-2H3,(H,20,22);1H. The second-order valence-corrected chi connectivity index (χ2v) is 6.22. The van der Waals surface area contributed by atoms with Gasteiger partial charge < -0.3 is 15.5 Å². The van der Waals surface area contributed by atoms with Crippen molar-refractivity contribution >= 4 is 24.2 Å². The lowest BCUT2D eigenvalue weighted by Crippen LogP contribution is -2.51. The van der Waals surface area contributed by atoms with Gasteiger partial charge in [0.15, 0.2) is 0 Å². The zero-order chi connectivity index (χ0) is 16.7. The van der Waals surface area contributed by atoms with Crippen LogP contribution in [0.5, 0.6) is 0 Å². The first kappa shape index (κ1) is 20.5. The average molecular weight is 354 g/mol. The third-order valence-electron chi connectivity index (χ3n) is 4.38. The summed E-state index contributed by atoms with van der Waals surface area (Å²) >= 11 is 0. The molecule has 1 heterocycles. The maximum absolute atomic E-state index is 12.6. The summed E-state index contributed by atoms with van der Waals surface area (Å²) in [6, 6.07) is 9.29. The molecule has 1 aromatic carbocycles. The molecule has 0 spiro atoms. The predicted molar refractivity (Wildman–Crippen MR) is 98.5 cm³/mol. The Kier molecular flexibility index (Phi) is 8.79. The van der Waals surface area contributed by atoms with Crippen LogP contribution >= 0.6 is 12.4 Å². The van der Waals surface area contributed by atoms with Gasteiger partial charge in [-0.15, -0.1) is 12.4 Å². The lowest BCUT2D eigenvalue weighted by molar-refractivity contribution is -0.138. The van der Waals surface area contributed by atoms with Gasteiger partial charge >= 0.3 is 0 Å². The molecule has 2 unspecified atom stereocenters. The number of nitrogens with zero attached hydrogens (tertiary/aromatic N) is 1. The van der Waals surface area contributed by atoms with E-state index >= 15 is 0 Å². The molecule has 5 nitrogen and oxygen atoms in total. The molecule has 1 saturated heterocycles. The lowest BCUT2D eigenvalue weighted by atomic mass is 9.99. The number of carbonyl (C=O) groups is 2. The van der Waals surface area contributed by atoms with E-state index in [-0.39, 0.29) is 36.2 Å². The highest BCUT2D eigenvalue weighted by atomic mass is 35.5. The van der Waals surface area contributed by atoms with E-state index in [0.717, 1.165) is 25.8 Å². The number of carbonyl (C=O) groups excluding carboxylic acids is 2. The number of hydrogen-bond donors (Lipinski definition) is 2. The molecular formula is C18H28ClN3O2. The molecule has 24 heavy (non-hydrogen) atoms. The summed E-state index contributed by atoms with van der Waals surface area (Å²) in [4.78, 5) is 26.7. The number of nitrogens with one attached hydrogen (secondary N) is 2. The molecule has 2 amide bonds. The Balaban J connectivity index is 0.00000288. The van der Waals surface area contributed by atoms with Crippen LogP contribution in [-0.2, 0) is 4.79 Å². The number of benzene rings is 1. The van der Waals surface area contributed by atoms with Crippen LogP contribution < -0.4 is 10.6 Å². The summed E-state index contributed by atoms with van der Waals surface area (Å²) in [5.41, 5.74) is 0.657. The quantitative estimate of drug-likeness (QED) is 0.823. The first-order chi connectivity index (χ1) is 11.1. The fourth-order valence-corrected chi connectivity index (χ4v) is 3.08. The monoisotopic (exact) mass is 353 g/mol. The molecular weight excluding hydrogens is 326 g/mol. The largest absolute Gasteiger partial charge is 0.350 e. The molecule has 6 heteroatoms. The molecule has 0 radical (unpaired) electrons. The molecule has 1 fully saturated rings. The summed E-state index contributed by atoms with van der Waals surface area (Å²) in [6.45, 7) is 3.94. The van der Waals surface area contributed by atoms with Gasteiger partial charge in [-0.25, -0.2) is 0 Å². The van der Waals surface area contributed by atoms with Crippen molar-refractivity contribution in [3.05, 3.63) is 35.9 Å². The molecule has 2 N–H and O–H groups in total. The van der Waals surface area contributed by atoms with Gasteiger partial charge in [0.05, 0.1) is 0 Å². The van der Waals surface area contributed by atoms with Gasteiger partial charge in [0.25, 0.3) is 5.91 Å². The van der Waals surface area contributed by atoms with Crippen molar-refractivity contribution in [1.82, 2.24) is 15.5 Å². The molecule has 0 aromatic heterocycles. The predicted octanol–water partition coefficient (Wildman–Crippen LogP) is 2.07. The second-order valence-electron chi connectivity index (χ2n) is 6.22. The highest BCUT2D eigenvalue weighted by molar-refractivity contribution is 5.94. The summed E-state index contributed by atoms with van der Waals surface area (Å²) < 4.78 is 0. The van der Waals surface area contributed by atoms with Crippen LogP contribution in [-0.4, -0.2) is 49.4 Å². The van der Waals surface area contributed by atoms with E-state index in [9.17, 15) is 9.59 Å². The van der Waals surface area contributed by atoms with Crippen molar-refractivity contribution in [3.8, 4) is 0 Å². The lowest BCUT2D eigenvalue weighted by Gasteiger charge is -2.37. The normalized spacial score (nSPS) is 18.4. The van der Waals surface area contributed by atoms with Crippen LogP contribution in [0.15, 0.2) is 30.3 Å². The highest BCUT2D eigenvalue weighted by Gasteiger charge is 2.29. The van der Waals surface area contributed by atoms with E-state index in [0.29, 0.717) is 18.7 Å². The van der Waals surface area contributed by atoms with E-state index in [1.165, 1.54) is 0 Å². The van der Waals surface area contributed by atoms with E-state index in [1.807, 2.05) is 37.1 Å². The number of amides is 2. The molecule has 1 aromatic rings. The fourth-order valence-electron chi connectivity index (χ4n) is 3.08. The SMILES string of the molecule is CNCC(C)C(=O)N1CCCCC1CNC(=O)c1ccccc1.Cl. The number of piperidine rings is 1. The summed E-state index contributed by atoms with van der Waals surface area (Å²) in [5.74, 6) is 0.0651. The maximum Gasteiger partial charge on any atom is 0.251 e. The third-order valence-corrected chi connectivity index (χ3v) is 4.38.